The van der Waals surface area contributed by atoms with E-state index >= 15 is 0 Å². The van der Waals surface area contributed by atoms with Gasteiger partial charge in [-0.2, -0.15) is 5.10 Å². The second kappa shape index (κ2) is 5.92. The van der Waals surface area contributed by atoms with Gasteiger partial charge in [-0.3, -0.25) is 9.59 Å². The molecule has 2 heterocycles. The molecule has 0 saturated carbocycles. The van der Waals surface area contributed by atoms with Gasteiger partial charge in [0, 0.05) is 23.8 Å². The van der Waals surface area contributed by atoms with Crippen molar-refractivity contribution in [2.75, 3.05) is 13.1 Å². The maximum absolute atomic E-state index is 12.4. The van der Waals surface area contributed by atoms with Crippen molar-refractivity contribution in [2.45, 2.75) is 6.42 Å². The number of carbonyl (C=O) groups is 2. The number of likely N-dealkylation sites (tertiary alicyclic amines) is 1. The molecule has 6 nitrogen and oxygen atoms in total. The van der Waals surface area contributed by atoms with Crippen molar-refractivity contribution in [2.24, 2.45) is 5.92 Å². The zero-order valence-electron chi connectivity index (χ0n) is 11.6. The number of aliphatic carboxylic acids is 1. The molecule has 1 aromatic carbocycles. The van der Waals surface area contributed by atoms with Crippen LogP contribution in [0.4, 0.5) is 0 Å². The number of carboxylic acids is 1. The van der Waals surface area contributed by atoms with Gasteiger partial charge in [-0.1, -0.05) is 22.0 Å². The van der Waals surface area contributed by atoms with Crippen molar-refractivity contribution >= 4 is 27.8 Å². The van der Waals surface area contributed by atoms with Crippen LogP contribution in [-0.2, 0) is 4.79 Å². The second-order valence-electron chi connectivity index (χ2n) is 5.20. The summed E-state index contributed by atoms with van der Waals surface area (Å²) in [5.74, 6) is -1.55. The Morgan fingerprint density at radius 1 is 1.32 bits per heavy atom. The molecule has 1 aliphatic rings. The third-order valence-corrected chi connectivity index (χ3v) is 4.20. The molecular formula is C15H14BrN3O3. The predicted molar refractivity (Wildman–Crippen MR) is 82.9 cm³/mol. The molecule has 22 heavy (non-hydrogen) atoms. The normalized spacial score (nSPS) is 17.7. The Morgan fingerprint density at radius 2 is 2.14 bits per heavy atom. The van der Waals surface area contributed by atoms with Gasteiger partial charge in [0.15, 0.2) is 5.69 Å². The maximum atomic E-state index is 12.4. The van der Waals surface area contributed by atoms with Gasteiger partial charge >= 0.3 is 5.97 Å². The highest BCUT2D eigenvalue weighted by atomic mass is 79.9. The van der Waals surface area contributed by atoms with Gasteiger partial charge in [-0.15, -0.1) is 0 Å². The summed E-state index contributed by atoms with van der Waals surface area (Å²) < 4.78 is 2.56. The van der Waals surface area contributed by atoms with E-state index in [4.69, 9.17) is 5.11 Å². The summed E-state index contributed by atoms with van der Waals surface area (Å²) in [7, 11) is 0. The predicted octanol–water partition coefficient (Wildman–Crippen LogP) is 2.18. The molecule has 0 radical (unpaired) electrons. The van der Waals surface area contributed by atoms with Crippen molar-refractivity contribution in [1.29, 1.82) is 0 Å². The highest BCUT2D eigenvalue weighted by Crippen LogP contribution is 2.19. The summed E-state index contributed by atoms with van der Waals surface area (Å²) in [4.78, 5) is 24.9. The first-order valence-corrected chi connectivity index (χ1v) is 7.67. The Balaban J connectivity index is 1.77. The molecule has 114 valence electrons. The van der Waals surface area contributed by atoms with E-state index in [1.807, 2.05) is 24.3 Å². The first kappa shape index (κ1) is 14.8. The number of halogens is 1. The molecule has 1 N–H and O–H groups in total. The number of hydrogen-bond donors (Lipinski definition) is 1. The number of aromatic nitrogens is 2. The zero-order valence-corrected chi connectivity index (χ0v) is 13.2. The quantitative estimate of drug-likeness (QED) is 0.906. The van der Waals surface area contributed by atoms with Crippen LogP contribution in [0.25, 0.3) is 5.69 Å². The number of carbonyl (C=O) groups excluding carboxylic acids is 1. The van der Waals surface area contributed by atoms with Gasteiger partial charge in [0.2, 0.25) is 0 Å². The minimum Gasteiger partial charge on any atom is -0.481 e. The minimum absolute atomic E-state index is 0.225. The van der Waals surface area contributed by atoms with Crippen molar-refractivity contribution in [3.05, 3.63) is 46.7 Å². The molecular weight excluding hydrogens is 350 g/mol. The zero-order chi connectivity index (χ0) is 15.7. The number of carboxylic acid groups (broad SMARTS) is 1. The van der Waals surface area contributed by atoms with E-state index in [9.17, 15) is 9.59 Å². The molecule has 0 bridgehead atoms. The Morgan fingerprint density at radius 3 is 2.82 bits per heavy atom. The average molecular weight is 364 g/mol. The maximum Gasteiger partial charge on any atom is 0.308 e. The highest BCUT2D eigenvalue weighted by Gasteiger charge is 2.32. The van der Waals surface area contributed by atoms with Crippen LogP contribution >= 0.6 is 15.9 Å². The smallest absolute Gasteiger partial charge is 0.308 e. The summed E-state index contributed by atoms with van der Waals surface area (Å²) in [6.07, 6.45) is 2.22. The standard InChI is InChI=1S/C15H14BrN3O3/c16-11-2-1-3-12(8-11)19-7-5-13(17-19)14(20)18-6-4-10(9-18)15(21)22/h1-3,5,7-8,10H,4,6,9H2,(H,21,22). The van der Waals surface area contributed by atoms with E-state index in [1.54, 1.807) is 21.8 Å². The molecule has 1 saturated heterocycles. The van der Waals surface area contributed by atoms with Crippen molar-refractivity contribution in [3.63, 3.8) is 0 Å². The number of amides is 1. The molecule has 0 spiro atoms. The van der Waals surface area contributed by atoms with Crippen LogP contribution in [0.15, 0.2) is 41.0 Å². The van der Waals surface area contributed by atoms with E-state index in [1.165, 1.54) is 0 Å². The fourth-order valence-corrected chi connectivity index (χ4v) is 2.90. The van der Waals surface area contributed by atoms with Crippen LogP contribution in [0.3, 0.4) is 0 Å². The Kier molecular flexibility index (Phi) is 3.98. The third kappa shape index (κ3) is 2.89. The van der Waals surface area contributed by atoms with Gasteiger partial charge < -0.3 is 10.0 Å². The van der Waals surface area contributed by atoms with Gasteiger partial charge in [0.25, 0.3) is 5.91 Å². The van der Waals surface area contributed by atoms with Crippen molar-refractivity contribution < 1.29 is 14.7 Å². The monoisotopic (exact) mass is 363 g/mol. The van der Waals surface area contributed by atoms with E-state index < -0.39 is 11.9 Å². The minimum atomic E-state index is -0.852. The summed E-state index contributed by atoms with van der Waals surface area (Å²) in [6.45, 7) is 0.706. The third-order valence-electron chi connectivity index (χ3n) is 3.71. The lowest BCUT2D eigenvalue weighted by Crippen LogP contribution is -2.30. The summed E-state index contributed by atoms with van der Waals surface area (Å²) in [5.41, 5.74) is 1.17. The van der Waals surface area contributed by atoms with Crippen LogP contribution in [0.5, 0.6) is 0 Å². The second-order valence-corrected chi connectivity index (χ2v) is 6.12. The molecule has 1 amide bonds. The van der Waals surface area contributed by atoms with E-state index in [0.29, 0.717) is 18.7 Å². The van der Waals surface area contributed by atoms with Crippen LogP contribution in [0.1, 0.15) is 16.9 Å². The average Bonchev–Trinajstić information content (AvgIpc) is 3.16. The number of benzene rings is 1. The lowest BCUT2D eigenvalue weighted by molar-refractivity contribution is -0.141. The number of hydrogen-bond acceptors (Lipinski definition) is 3. The van der Waals surface area contributed by atoms with E-state index in [0.717, 1.165) is 10.2 Å². The summed E-state index contributed by atoms with van der Waals surface area (Å²) in [5, 5.41) is 13.3. The first-order valence-electron chi connectivity index (χ1n) is 6.88. The highest BCUT2D eigenvalue weighted by molar-refractivity contribution is 9.10. The molecule has 1 aromatic heterocycles. The largest absolute Gasteiger partial charge is 0.481 e. The number of rotatable bonds is 3. The van der Waals surface area contributed by atoms with Crippen molar-refractivity contribution in [3.8, 4) is 5.69 Å². The SMILES string of the molecule is O=C(O)C1CCN(C(=O)c2ccn(-c3cccc(Br)c3)n2)C1. The van der Waals surface area contributed by atoms with Crippen molar-refractivity contribution in [1.82, 2.24) is 14.7 Å². The fourth-order valence-electron chi connectivity index (χ4n) is 2.51. The van der Waals surface area contributed by atoms with Crippen LogP contribution in [0.2, 0.25) is 0 Å². The Labute approximate surface area is 135 Å². The molecule has 1 fully saturated rings. The molecule has 0 aliphatic carbocycles. The molecule has 2 aromatic rings. The van der Waals surface area contributed by atoms with Crippen LogP contribution in [0, 0.1) is 5.92 Å². The molecule has 1 aliphatic heterocycles. The van der Waals surface area contributed by atoms with E-state index in [2.05, 4.69) is 21.0 Å². The van der Waals surface area contributed by atoms with E-state index in [-0.39, 0.29) is 12.5 Å². The lowest BCUT2D eigenvalue weighted by atomic mass is 10.1. The van der Waals surface area contributed by atoms with Gasteiger partial charge in [0.1, 0.15) is 0 Å². The molecule has 7 heteroatoms. The number of nitrogens with zero attached hydrogens (tertiary/aromatic N) is 3. The summed E-state index contributed by atoms with van der Waals surface area (Å²) >= 11 is 3.40. The molecule has 1 atom stereocenters. The molecule has 3 rings (SSSR count). The van der Waals surface area contributed by atoms with Crippen LogP contribution in [-0.4, -0.2) is 44.8 Å². The first-order chi connectivity index (χ1) is 10.5. The Hall–Kier alpha value is -2.15. The molecule has 1 unspecified atom stereocenters. The Bertz CT molecular complexity index is 728. The van der Waals surface area contributed by atoms with Gasteiger partial charge in [-0.25, -0.2) is 4.68 Å². The fraction of sp³-hybridized carbons (Fsp3) is 0.267. The lowest BCUT2D eigenvalue weighted by Gasteiger charge is -2.13. The summed E-state index contributed by atoms with van der Waals surface area (Å²) in [6, 6.07) is 9.24. The van der Waals surface area contributed by atoms with Gasteiger partial charge in [0.05, 0.1) is 11.6 Å². The van der Waals surface area contributed by atoms with Crippen LogP contribution < -0.4 is 0 Å². The van der Waals surface area contributed by atoms with Gasteiger partial charge in [-0.05, 0) is 30.7 Å². The topological polar surface area (TPSA) is 75.4 Å².